The minimum atomic E-state index is 0.427. The van der Waals surface area contributed by atoms with Crippen LogP contribution >= 0.6 is 11.3 Å². The van der Waals surface area contributed by atoms with Crippen LogP contribution in [-0.2, 0) is 13.0 Å². The summed E-state index contributed by atoms with van der Waals surface area (Å²) in [4.78, 5) is 8.31. The third-order valence-corrected chi connectivity index (χ3v) is 4.54. The fraction of sp³-hybridized carbons (Fsp3) is 0.471. The summed E-state index contributed by atoms with van der Waals surface area (Å²) in [6.07, 6.45) is 2.93. The lowest BCUT2D eigenvalue weighted by molar-refractivity contribution is 0.584. The Bertz CT molecular complexity index is 537. The normalized spacial score (nSPS) is 12.6. The van der Waals surface area contributed by atoms with E-state index in [1.165, 1.54) is 10.4 Å². The maximum atomic E-state index is 4.60. The summed E-state index contributed by atoms with van der Waals surface area (Å²) in [6, 6.07) is 9.40. The van der Waals surface area contributed by atoms with Crippen molar-refractivity contribution in [2.24, 2.45) is 0 Å². The Morgan fingerprint density at radius 2 is 2.05 bits per heavy atom. The molecule has 0 bridgehead atoms. The standard InChI is InChI=1S/C17H25N3S/c1-13(2)19-12-15-7-5-9-18-17(15)20(4)14(3)11-16-8-6-10-21-16/h5-10,13-14,19H,11-12H2,1-4H3. The molecule has 4 heteroatoms. The van der Waals surface area contributed by atoms with Gasteiger partial charge < -0.3 is 10.2 Å². The molecule has 2 aromatic rings. The summed E-state index contributed by atoms with van der Waals surface area (Å²) in [7, 11) is 2.14. The topological polar surface area (TPSA) is 28.2 Å². The number of likely N-dealkylation sites (N-methyl/N-ethyl adjacent to an activating group) is 1. The maximum absolute atomic E-state index is 4.60. The number of thiophene rings is 1. The molecule has 0 aliphatic carbocycles. The van der Waals surface area contributed by atoms with Crippen molar-refractivity contribution in [2.45, 2.75) is 45.8 Å². The first-order valence-corrected chi connectivity index (χ1v) is 8.38. The largest absolute Gasteiger partial charge is 0.356 e. The van der Waals surface area contributed by atoms with E-state index in [1.54, 1.807) is 0 Å². The van der Waals surface area contributed by atoms with Crippen LogP contribution in [-0.4, -0.2) is 24.1 Å². The van der Waals surface area contributed by atoms with E-state index in [0.29, 0.717) is 12.1 Å². The Hall–Kier alpha value is -1.39. The molecule has 2 aromatic heterocycles. The van der Waals surface area contributed by atoms with Gasteiger partial charge in [0, 0.05) is 48.7 Å². The van der Waals surface area contributed by atoms with Gasteiger partial charge in [0.2, 0.25) is 0 Å². The summed E-state index contributed by atoms with van der Waals surface area (Å²) in [5, 5.41) is 5.62. The highest BCUT2D eigenvalue weighted by atomic mass is 32.1. The lowest BCUT2D eigenvalue weighted by Crippen LogP contribution is -2.33. The molecule has 0 radical (unpaired) electrons. The van der Waals surface area contributed by atoms with E-state index in [9.17, 15) is 0 Å². The molecule has 0 spiro atoms. The lowest BCUT2D eigenvalue weighted by Gasteiger charge is -2.28. The molecule has 0 saturated heterocycles. The van der Waals surface area contributed by atoms with Gasteiger partial charge in [0.1, 0.15) is 5.82 Å². The van der Waals surface area contributed by atoms with Gasteiger partial charge in [-0.3, -0.25) is 0 Å². The summed E-state index contributed by atoms with van der Waals surface area (Å²) in [6.45, 7) is 7.45. The number of anilines is 1. The molecule has 0 aromatic carbocycles. The molecule has 2 rings (SSSR count). The fourth-order valence-electron chi connectivity index (χ4n) is 2.27. The van der Waals surface area contributed by atoms with E-state index in [0.717, 1.165) is 18.8 Å². The molecule has 0 saturated carbocycles. The number of nitrogens with one attached hydrogen (secondary N) is 1. The maximum Gasteiger partial charge on any atom is 0.133 e. The van der Waals surface area contributed by atoms with Crippen molar-refractivity contribution < 1.29 is 0 Å². The van der Waals surface area contributed by atoms with Crippen LogP contribution in [0.25, 0.3) is 0 Å². The molecule has 2 heterocycles. The number of hydrogen-bond donors (Lipinski definition) is 1. The quantitative estimate of drug-likeness (QED) is 0.845. The zero-order valence-corrected chi connectivity index (χ0v) is 14.2. The summed E-state index contributed by atoms with van der Waals surface area (Å²) < 4.78 is 0. The third kappa shape index (κ3) is 4.55. The van der Waals surface area contributed by atoms with Crippen LogP contribution in [0.4, 0.5) is 5.82 Å². The van der Waals surface area contributed by atoms with E-state index >= 15 is 0 Å². The second-order valence-electron chi connectivity index (χ2n) is 5.77. The highest BCUT2D eigenvalue weighted by molar-refractivity contribution is 7.09. The molecule has 1 unspecified atom stereocenters. The van der Waals surface area contributed by atoms with Crippen LogP contribution in [0.2, 0.25) is 0 Å². The van der Waals surface area contributed by atoms with Crippen molar-refractivity contribution in [2.75, 3.05) is 11.9 Å². The van der Waals surface area contributed by atoms with E-state index < -0.39 is 0 Å². The van der Waals surface area contributed by atoms with Gasteiger partial charge in [-0.2, -0.15) is 0 Å². The van der Waals surface area contributed by atoms with Crippen molar-refractivity contribution in [1.29, 1.82) is 0 Å². The predicted octanol–water partition coefficient (Wildman–Crippen LogP) is 3.71. The minimum absolute atomic E-state index is 0.427. The first kappa shape index (κ1) is 16.0. The number of aromatic nitrogens is 1. The number of pyridine rings is 1. The van der Waals surface area contributed by atoms with Crippen molar-refractivity contribution >= 4 is 17.2 Å². The molecule has 0 aliphatic heterocycles. The molecular weight excluding hydrogens is 278 g/mol. The van der Waals surface area contributed by atoms with Gasteiger partial charge in [0.05, 0.1) is 0 Å². The molecule has 0 fully saturated rings. The highest BCUT2D eigenvalue weighted by Crippen LogP contribution is 2.21. The van der Waals surface area contributed by atoms with E-state index in [2.05, 4.69) is 66.6 Å². The van der Waals surface area contributed by atoms with Gasteiger partial charge in [0.15, 0.2) is 0 Å². The molecule has 3 nitrogen and oxygen atoms in total. The zero-order chi connectivity index (χ0) is 15.2. The van der Waals surface area contributed by atoms with Crippen LogP contribution < -0.4 is 10.2 Å². The van der Waals surface area contributed by atoms with Gasteiger partial charge in [-0.15, -0.1) is 11.3 Å². The summed E-state index contributed by atoms with van der Waals surface area (Å²) in [5.74, 6) is 1.08. The van der Waals surface area contributed by atoms with Gasteiger partial charge in [-0.25, -0.2) is 4.98 Å². The first-order chi connectivity index (χ1) is 10.1. The molecule has 21 heavy (non-hydrogen) atoms. The molecular formula is C17H25N3S. The van der Waals surface area contributed by atoms with Gasteiger partial charge in [-0.05, 0) is 24.4 Å². The molecule has 0 amide bonds. The zero-order valence-electron chi connectivity index (χ0n) is 13.3. The van der Waals surface area contributed by atoms with Crippen molar-refractivity contribution in [3.05, 3.63) is 46.3 Å². The van der Waals surface area contributed by atoms with Crippen LogP contribution in [0.1, 0.15) is 31.2 Å². The van der Waals surface area contributed by atoms with Crippen LogP contribution in [0.3, 0.4) is 0 Å². The first-order valence-electron chi connectivity index (χ1n) is 7.50. The molecule has 0 aliphatic rings. The fourth-order valence-corrected chi connectivity index (χ4v) is 3.09. The molecule has 1 atom stereocenters. The Morgan fingerprint density at radius 3 is 2.71 bits per heavy atom. The summed E-state index contributed by atoms with van der Waals surface area (Å²) in [5.41, 5.74) is 1.26. The third-order valence-electron chi connectivity index (χ3n) is 3.64. The number of rotatable bonds is 7. The average molecular weight is 303 g/mol. The highest BCUT2D eigenvalue weighted by Gasteiger charge is 2.15. The van der Waals surface area contributed by atoms with E-state index in [1.807, 2.05) is 23.6 Å². The van der Waals surface area contributed by atoms with Crippen molar-refractivity contribution in [1.82, 2.24) is 10.3 Å². The van der Waals surface area contributed by atoms with Crippen molar-refractivity contribution in [3.63, 3.8) is 0 Å². The molecule has 1 N–H and O–H groups in total. The lowest BCUT2D eigenvalue weighted by atomic mass is 10.1. The van der Waals surface area contributed by atoms with Crippen molar-refractivity contribution in [3.8, 4) is 0 Å². The Labute approximate surface area is 132 Å². The van der Waals surface area contributed by atoms with Crippen LogP contribution in [0, 0.1) is 0 Å². The second kappa shape index (κ2) is 7.57. The Kier molecular flexibility index (Phi) is 5.76. The number of hydrogen-bond acceptors (Lipinski definition) is 4. The average Bonchev–Trinajstić information content (AvgIpc) is 2.97. The van der Waals surface area contributed by atoms with Gasteiger partial charge in [-0.1, -0.05) is 26.0 Å². The predicted molar refractivity (Wildman–Crippen MR) is 92.1 cm³/mol. The summed E-state index contributed by atoms with van der Waals surface area (Å²) >= 11 is 1.82. The van der Waals surface area contributed by atoms with Crippen LogP contribution in [0.5, 0.6) is 0 Å². The Morgan fingerprint density at radius 1 is 1.24 bits per heavy atom. The SMILES string of the molecule is CC(C)NCc1cccnc1N(C)C(C)Cc1cccs1. The monoisotopic (exact) mass is 303 g/mol. The van der Waals surface area contributed by atoms with E-state index in [-0.39, 0.29) is 0 Å². The minimum Gasteiger partial charge on any atom is -0.356 e. The van der Waals surface area contributed by atoms with Gasteiger partial charge >= 0.3 is 0 Å². The number of nitrogens with zero attached hydrogens (tertiary/aromatic N) is 2. The second-order valence-corrected chi connectivity index (χ2v) is 6.80. The Balaban J connectivity index is 2.08. The smallest absolute Gasteiger partial charge is 0.133 e. The van der Waals surface area contributed by atoms with Gasteiger partial charge in [0.25, 0.3) is 0 Å². The molecule has 114 valence electrons. The van der Waals surface area contributed by atoms with E-state index in [4.69, 9.17) is 0 Å². The van der Waals surface area contributed by atoms with Crippen LogP contribution in [0.15, 0.2) is 35.8 Å².